The molecule has 0 unspecified atom stereocenters. The van der Waals surface area contributed by atoms with Gasteiger partial charge in [0.15, 0.2) is 0 Å². The number of aromatic nitrogens is 2. The van der Waals surface area contributed by atoms with Crippen molar-refractivity contribution in [3.05, 3.63) is 170 Å². The van der Waals surface area contributed by atoms with Crippen molar-refractivity contribution in [2.75, 3.05) is 0 Å². The number of rotatable bonds is 4. The molecular formula is C42H28N2. The van der Waals surface area contributed by atoms with E-state index in [0.717, 1.165) is 5.69 Å². The normalized spacial score (nSPS) is 11.6. The van der Waals surface area contributed by atoms with Gasteiger partial charge in [-0.05, 0) is 76.9 Å². The number of benzene rings is 7. The molecule has 9 rings (SSSR count). The topological polar surface area (TPSA) is 9.86 Å². The quantitative estimate of drug-likeness (QED) is 0.203. The second-order valence-electron chi connectivity index (χ2n) is 11.4. The third kappa shape index (κ3) is 3.82. The van der Waals surface area contributed by atoms with Crippen molar-refractivity contribution in [1.29, 1.82) is 0 Å². The van der Waals surface area contributed by atoms with Crippen LogP contribution in [0.4, 0.5) is 0 Å². The van der Waals surface area contributed by atoms with E-state index in [4.69, 9.17) is 0 Å². The molecule has 0 amide bonds. The van der Waals surface area contributed by atoms with Crippen LogP contribution in [0, 0.1) is 0 Å². The number of fused-ring (bicyclic) bond motifs is 6. The van der Waals surface area contributed by atoms with Gasteiger partial charge in [0, 0.05) is 32.9 Å². The Morgan fingerprint density at radius 1 is 0.250 bits per heavy atom. The summed E-state index contributed by atoms with van der Waals surface area (Å²) >= 11 is 0. The summed E-state index contributed by atoms with van der Waals surface area (Å²) in [5, 5.41) is 5.04. The summed E-state index contributed by atoms with van der Waals surface area (Å²) in [5.41, 5.74) is 12.1. The second-order valence-corrected chi connectivity index (χ2v) is 11.4. The van der Waals surface area contributed by atoms with Crippen molar-refractivity contribution in [2.45, 2.75) is 0 Å². The van der Waals surface area contributed by atoms with Crippen LogP contribution in [-0.2, 0) is 0 Å². The molecule has 9 aromatic rings. The van der Waals surface area contributed by atoms with Gasteiger partial charge in [0.25, 0.3) is 0 Å². The summed E-state index contributed by atoms with van der Waals surface area (Å²) in [4.78, 5) is 0. The zero-order chi connectivity index (χ0) is 29.0. The highest BCUT2D eigenvalue weighted by atomic mass is 15.0. The van der Waals surface area contributed by atoms with Crippen LogP contribution in [0.2, 0.25) is 0 Å². The Morgan fingerprint density at radius 3 is 1.25 bits per heavy atom. The fourth-order valence-electron chi connectivity index (χ4n) is 6.88. The summed E-state index contributed by atoms with van der Waals surface area (Å²) in [6.45, 7) is 0. The van der Waals surface area contributed by atoms with Crippen LogP contribution >= 0.6 is 0 Å². The molecular weight excluding hydrogens is 532 g/mol. The maximum absolute atomic E-state index is 2.42. The molecule has 0 N–H and O–H groups in total. The molecule has 7 aromatic carbocycles. The third-order valence-electron chi connectivity index (χ3n) is 8.91. The van der Waals surface area contributed by atoms with Gasteiger partial charge in [-0.2, -0.15) is 0 Å². The van der Waals surface area contributed by atoms with Gasteiger partial charge in [0.2, 0.25) is 0 Å². The lowest BCUT2D eigenvalue weighted by molar-refractivity contribution is 1.17. The average Bonchev–Trinajstić information content (AvgIpc) is 3.60. The molecule has 0 bridgehead atoms. The Kier molecular flexibility index (Phi) is 5.54. The second kappa shape index (κ2) is 9.86. The fourth-order valence-corrected chi connectivity index (χ4v) is 6.88. The van der Waals surface area contributed by atoms with E-state index < -0.39 is 0 Å². The minimum Gasteiger partial charge on any atom is -0.309 e. The molecule has 0 aliphatic carbocycles. The Bertz CT molecular complexity index is 2460. The lowest BCUT2D eigenvalue weighted by Gasteiger charge is -2.11. The predicted octanol–water partition coefficient (Wildman–Crippen LogP) is 11.2. The van der Waals surface area contributed by atoms with Crippen molar-refractivity contribution >= 4 is 43.6 Å². The molecule has 206 valence electrons. The van der Waals surface area contributed by atoms with E-state index in [0.29, 0.717) is 0 Å². The molecule has 2 heteroatoms. The SMILES string of the molecule is c1ccc(-c2cccc(-c3ccc(-n4c5ccccc5c5cc6c(cc54)c4ccccc4n6-c4ccccc4)cc3)c2)cc1. The first-order valence-corrected chi connectivity index (χ1v) is 15.1. The molecule has 0 spiro atoms. The van der Waals surface area contributed by atoms with Gasteiger partial charge in [-0.25, -0.2) is 0 Å². The van der Waals surface area contributed by atoms with E-state index in [2.05, 4.69) is 179 Å². The first-order chi connectivity index (χ1) is 21.8. The lowest BCUT2D eigenvalue weighted by atomic mass is 9.99. The van der Waals surface area contributed by atoms with Crippen molar-refractivity contribution in [1.82, 2.24) is 9.13 Å². The molecule has 0 aliphatic rings. The molecule has 2 aromatic heterocycles. The van der Waals surface area contributed by atoms with E-state index in [9.17, 15) is 0 Å². The van der Waals surface area contributed by atoms with Crippen LogP contribution in [-0.4, -0.2) is 9.13 Å². The monoisotopic (exact) mass is 560 g/mol. The van der Waals surface area contributed by atoms with E-state index >= 15 is 0 Å². The predicted molar refractivity (Wildman–Crippen MR) is 186 cm³/mol. The smallest absolute Gasteiger partial charge is 0.0548 e. The summed E-state index contributed by atoms with van der Waals surface area (Å²) in [6.07, 6.45) is 0. The van der Waals surface area contributed by atoms with Crippen molar-refractivity contribution in [3.8, 4) is 33.6 Å². The Hall–Kier alpha value is -5.86. The van der Waals surface area contributed by atoms with Crippen LogP contribution < -0.4 is 0 Å². The van der Waals surface area contributed by atoms with Gasteiger partial charge in [-0.15, -0.1) is 0 Å². The largest absolute Gasteiger partial charge is 0.309 e. The number of hydrogen-bond acceptors (Lipinski definition) is 0. The minimum atomic E-state index is 1.16. The first-order valence-electron chi connectivity index (χ1n) is 15.1. The molecule has 0 radical (unpaired) electrons. The van der Waals surface area contributed by atoms with Gasteiger partial charge >= 0.3 is 0 Å². The highest BCUT2D eigenvalue weighted by Crippen LogP contribution is 2.39. The molecule has 2 heterocycles. The van der Waals surface area contributed by atoms with Crippen LogP contribution in [0.1, 0.15) is 0 Å². The molecule has 0 saturated carbocycles. The highest BCUT2D eigenvalue weighted by molar-refractivity contribution is 6.19. The van der Waals surface area contributed by atoms with Gasteiger partial charge in [-0.1, -0.05) is 115 Å². The zero-order valence-electron chi connectivity index (χ0n) is 24.1. The van der Waals surface area contributed by atoms with Crippen molar-refractivity contribution in [3.63, 3.8) is 0 Å². The van der Waals surface area contributed by atoms with Crippen molar-refractivity contribution in [2.24, 2.45) is 0 Å². The van der Waals surface area contributed by atoms with Gasteiger partial charge in [-0.3, -0.25) is 0 Å². The van der Waals surface area contributed by atoms with Crippen LogP contribution in [0.25, 0.3) is 77.2 Å². The molecule has 44 heavy (non-hydrogen) atoms. The Labute approximate surface area is 255 Å². The number of hydrogen-bond donors (Lipinski definition) is 0. The molecule has 0 aliphatic heterocycles. The van der Waals surface area contributed by atoms with Gasteiger partial charge < -0.3 is 9.13 Å². The van der Waals surface area contributed by atoms with Crippen LogP contribution in [0.15, 0.2) is 170 Å². The minimum absolute atomic E-state index is 1.16. The van der Waals surface area contributed by atoms with E-state index in [-0.39, 0.29) is 0 Å². The first kappa shape index (κ1) is 24.7. The maximum atomic E-state index is 2.42. The van der Waals surface area contributed by atoms with E-state index in [1.807, 2.05) is 0 Å². The van der Waals surface area contributed by atoms with Gasteiger partial charge in [0.05, 0.1) is 22.1 Å². The molecule has 0 saturated heterocycles. The number of nitrogens with zero attached hydrogens (tertiary/aromatic N) is 2. The molecule has 0 atom stereocenters. The van der Waals surface area contributed by atoms with Gasteiger partial charge in [0.1, 0.15) is 0 Å². The van der Waals surface area contributed by atoms with Crippen LogP contribution in [0.3, 0.4) is 0 Å². The zero-order valence-corrected chi connectivity index (χ0v) is 24.1. The molecule has 0 fully saturated rings. The maximum Gasteiger partial charge on any atom is 0.0548 e. The average molecular weight is 561 g/mol. The lowest BCUT2D eigenvalue weighted by Crippen LogP contribution is -1.94. The molecule has 2 nitrogen and oxygen atoms in total. The van der Waals surface area contributed by atoms with Crippen molar-refractivity contribution < 1.29 is 0 Å². The summed E-state index contributed by atoms with van der Waals surface area (Å²) in [7, 11) is 0. The number of para-hydroxylation sites is 3. The Morgan fingerprint density at radius 2 is 0.682 bits per heavy atom. The highest BCUT2D eigenvalue weighted by Gasteiger charge is 2.18. The van der Waals surface area contributed by atoms with Crippen LogP contribution in [0.5, 0.6) is 0 Å². The summed E-state index contributed by atoms with van der Waals surface area (Å²) in [5.74, 6) is 0. The standard InChI is InChI=1S/C42H28N2/c1-3-12-29(13-4-1)31-14-11-15-32(26-31)30-22-24-34(25-23-30)44-40-21-10-8-19-36(40)38-27-41-37(28-42(38)44)35-18-7-9-20-39(35)43(41)33-16-5-2-6-17-33/h1-28H. The van der Waals surface area contributed by atoms with E-state index in [1.54, 1.807) is 0 Å². The summed E-state index contributed by atoms with van der Waals surface area (Å²) in [6, 6.07) is 61.4. The third-order valence-corrected chi connectivity index (χ3v) is 8.91. The fraction of sp³-hybridized carbons (Fsp3) is 0. The Balaban J connectivity index is 1.24. The van der Waals surface area contributed by atoms with E-state index in [1.165, 1.54) is 71.6 Å². The summed E-state index contributed by atoms with van der Waals surface area (Å²) < 4.78 is 4.82.